The predicted octanol–water partition coefficient (Wildman–Crippen LogP) is 2.70. The van der Waals surface area contributed by atoms with E-state index in [0.29, 0.717) is 21.9 Å². The van der Waals surface area contributed by atoms with Gasteiger partial charge in [0.25, 0.3) is 5.91 Å². The minimum atomic E-state index is -0.181. The summed E-state index contributed by atoms with van der Waals surface area (Å²) < 4.78 is 6.94. The number of amides is 1. The normalized spacial score (nSPS) is 11.0. The van der Waals surface area contributed by atoms with E-state index in [1.54, 1.807) is 30.0 Å². The molecule has 0 aliphatic carbocycles. The van der Waals surface area contributed by atoms with Crippen LogP contribution < -0.4 is 10.1 Å². The average Bonchev–Trinajstić information content (AvgIpc) is 3.09. The van der Waals surface area contributed by atoms with E-state index in [1.165, 1.54) is 11.3 Å². The number of rotatable bonds is 4. The fourth-order valence-corrected chi connectivity index (χ4v) is 3.51. The van der Waals surface area contributed by atoms with Crippen molar-refractivity contribution >= 4 is 33.1 Å². The van der Waals surface area contributed by atoms with Crippen molar-refractivity contribution in [2.24, 2.45) is 7.05 Å². The molecule has 0 spiro atoms. The minimum absolute atomic E-state index is 0.152. The highest BCUT2D eigenvalue weighted by Gasteiger charge is 2.15. The van der Waals surface area contributed by atoms with Crippen LogP contribution in [0.15, 0.2) is 24.3 Å². The Labute approximate surface area is 137 Å². The second-order valence-corrected chi connectivity index (χ2v) is 6.21. The number of nitrogens with one attached hydrogen (secondary N) is 1. The first kappa shape index (κ1) is 15.5. The van der Waals surface area contributed by atoms with Crippen LogP contribution in [-0.4, -0.2) is 27.9 Å². The molecule has 2 aromatic heterocycles. The molecule has 2 N–H and O–H groups in total. The number of methoxy groups -OCH3 is 1. The number of thiophene rings is 1. The van der Waals surface area contributed by atoms with Gasteiger partial charge < -0.3 is 15.2 Å². The molecule has 0 atom stereocenters. The Morgan fingerprint density at radius 1 is 1.43 bits per heavy atom. The number of ether oxygens (including phenoxy) is 1. The SMILES string of the molecule is COc1ccc(NC(=O)c2cc3c(C)nn(C)c3s2)cc1CO. The Hall–Kier alpha value is -2.38. The van der Waals surface area contributed by atoms with E-state index >= 15 is 0 Å². The van der Waals surface area contributed by atoms with E-state index in [2.05, 4.69) is 10.4 Å². The Morgan fingerprint density at radius 3 is 2.87 bits per heavy atom. The maximum atomic E-state index is 12.4. The molecule has 3 rings (SSSR count). The van der Waals surface area contributed by atoms with Crippen LogP contribution in [-0.2, 0) is 13.7 Å². The number of fused-ring (bicyclic) bond motifs is 1. The molecule has 0 radical (unpaired) electrons. The van der Waals surface area contributed by atoms with Crippen LogP contribution in [0.4, 0.5) is 5.69 Å². The molecule has 1 amide bonds. The summed E-state index contributed by atoms with van der Waals surface area (Å²) in [5, 5.41) is 17.5. The van der Waals surface area contributed by atoms with Crippen LogP contribution in [0.3, 0.4) is 0 Å². The van der Waals surface area contributed by atoms with Crippen LogP contribution >= 0.6 is 11.3 Å². The first-order valence-corrected chi connectivity index (χ1v) is 7.87. The number of aliphatic hydroxyl groups is 1. The third-order valence-corrected chi connectivity index (χ3v) is 4.83. The molecule has 2 heterocycles. The molecule has 7 heteroatoms. The highest BCUT2D eigenvalue weighted by atomic mass is 32.1. The lowest BCUT2D eigenvalue weighted by molar-refractivity contribution is 0.103. The Balaban J connectivity index is 1.87. The average molecular weight is 331 g/mol. The van der Waals surface area contributed by atoms with Gasteiger partial charge in [-0.05, 0) is 31.2 Å². The lowest BCUT2D eigenvalue weighted by atomic mass is 10.2. The number of anilines is 1. The number of aryl methyl sites for hydroxylation is 2. The zero-order valence-corrected chi connectivity index (χ0v) is 13.9. The molecule has 23 heavy (non-hydrogen) atoms. The topological polar surface area (TPSA) is 76.4 Å². The van der Waals surface area contributed by atoms with E-state index in [4.69, 9.17) is 4.74 Å². The molecule has 120 valence electrons. The van der Waals surface area contributed by atoms with Crippen molar-refractivity contribution in [2.75, 3.05) is 12.4 Å². The number of carbonyl (C=O) groups excluding carboxylic acids is 1. The van der Waals surface area contributed by atoms with Crippen molar-refractivity contribution in [1.29, 1.82) is 0 Å². The van der Waals surface area contributed by atoms with Gasteiger partial charge in [0.1, 0.15) is 10.6 Å². The first-order chi connectivity index (χ1) is 11.0. The molecule has 6 nitrogen and oxygen atoms in total. The summed E-state index contributed by atoms with van der Waals surface area (Å²) in [6.07, 6.45) is 0. The van der Waals surface area contributed by atoms with Gasteiger partial charge in [0.2, 0.25) is 0 Å². The quantitative estimate of drug-likeness (QED) is 0.771. The molecule has 0 unspecified atom stereocenters. The van der Waals surface area contributed by atoms with Crippen molar-refractivity contribution in [3.63, 3.8) is 0 Å². The van der Waals surface area contributed by atoms with Crippen LogP contribution in [0.5, 0.6) is 5.75 Å². The third-order valence-electron chi connectivity index (χ3n) is 3.63. The minimum Gasteiger partial charge on any atom is -0.496 e. The van der Waals surface area contributed by atoms with E-state index in [0.717, 1.165) is 15.9 Å². The fourth-order valence-electron chi connectivity index (χ4n) is 2.49. The molecule has 1 aromatic carbocycles. The van der Waals surface area contributed by atoms with Gasteiger partial charge in [0.05, 0.1) is 24.3 Å². The molecular weight excluding hydrogens is 314 g/mol. The lowest BCUT2D eigenvalue weighted by Gasteiger charge is -2.09. The second kappa shape index (κ2) is 6.02. The van der Waals surface area contributed by atoms with Crippen LogP contribution in [0.25, 0.3) is 10.2 Å². The smallest absolute Gasteiger partial charge is 0.265 e. The standard InChI is InChI=1S/C16H17N3O3S/c1-9-12-7-14(23-16(12)19(2)18-9)15(21)17-11-4-5-13(22-3)10(6-11)8-20/h4-7,20H,8H2,1-3H3,(H,17,21). The monoisotopic (exact) mass is 331 g/mol. The van der Waals surface area contributed by atoms with Crippen molar-refractivity contribution in [3.8, 4) is 5.75 Å². The van der Waals surface area contributed by atoms with E-state index in [9.17, 15) is 9.90 Å². The summed E-state index contributed by atoms with van der Waals surface area (Å²) in [6, 6.07) is 7.03. The molecule has 0 fully saturated rings. The Bertz CT molecular complexity index is 848. The Kier molecular flexibility index (Phi) is 4.06. The zero-order valence-electron chi connectivity index (χ0n) is 13.1. The largest absolute Gasteiger partial charge is 0.496 e. The Morgan fingerprint density at radius 2 is 2.22 bits per heavy atom. The van der Waals surface area contributed by atoms with Crippen molar-refractivity contribution < 1.29 is 14.6 Å². The van der Waals surface area contributed by atoms with Gasteiger partial charge in [-0.2, -0.15) is 5.10 Å². The summed E-state index contributed by atoms with van der Waals surface area (Å²) in [5.74, 6) is 0.411. The third kappa shape index (κ3) is 2.80. The van der Waals surface area contributed by atoms with E-state index in [1.807, 2.05) is 20.0 Å². The predicted molar refractivity (Wildman–Crippen MR) is 90.2 cm³/mol. The lowest BCUT2D eigenvalue weighted by Crippen LogP contribution is -2.10. The summed E-state index contributed by atoms with van der Waals surface area (Å²) in [7, 11) is 3.41. The molecule has 0 saturated carbocycles. The first-order valence-electron chi connectivity index (χ1n) is 7.05. The van der Waals surface area contributed by atoms with Crippen molar-refractivity contribution in [2.45, 2.75) is 13.5 Å². The zero-order chi connectivity index (χ0) is 16.6. The summed E-state index contributed by atoms with van der Waals surface area (Å²) in [4.78, 5) is 14.0. The van der Waals surface area contributed by atoms with Crippen LogP contribution in [0, 0.1) is 6.92 Å². The molecule has 0 aliphatic heterocycles. The highest BCUT2D eigenvalue weighted by Crippen LogP contribution is 2.29. The molecule has 3 aromatic rings. The number of nitrogens with zero attached hydrogens (tertiary/aromatic N) is 2. The number of hydrogen-bond donors (Lipinski definition) is 2. The van der Waals surface area contributed by atoms with E-state index in [-0.39, 0.29) is 12.5 Å². The van der Waals surface area contributed by atoms with Crippen molar-refractivity contribution in [3.05, 3.63) is 40.4 Å². The van der Waals surface area contributed by atoms with Gasteiger partial charge in [-0.1, -0.05) is 0 Å². The second-order valence-electron chi connectivity index (χ2n) is 5.18. The van der Waals surface area contributed by atoms with Crippen LogP contribution in [0.1, 0.15) is 20.9 Å². The number of aromatic nitrogens is 2. The van der Waals surface area contributed by atoms with E-state index < -0.39 is 0 Å². The summed E-state index contributed by atoms with van der Waals surface area (Å²) in [6.45, 7) is 1.77. The summed E-state index contributed by atoms with van der Waals surface area (Å²) in [5.41, 5.74) is 2.15. The van der Waals surface area contributed by atoms with Gasteiger partial charge >= 0.3 is 0 Å². The fraction of sp³-hybridized carbons (Fsp3) is 0.250. The van der Waals surface area contributed by atoms with Crippen LogP contribution in [0.2, 0.25) is 0 Å². The van der Waals surface area contributed by atoms with Gasteiger partial charge in [-0.3, -0.25) is 9.48 Å². The number of carbonyl (C=O) groups is 1. The molecule has 0 bridgehead atoms. The van der Waals surface area contributed by atoms with Gasteiger partial charge in [0.15, 0.2) is 0 Å². The maximum absolute atomic E-state index is 12.4. The molecular formula is C16H17N3O3S. The summed E-state index contributed by atoms with van der Waals surface area (Å²) >= 11 is 1.40. The highest BCUT2D eigenvalue weighted by molar-refractivity contribution is 7.20. The molecule has 0 saturated heterocycles. The van der Waals surface area contributed by atoms with Gasteiger partial charge in [0, 0.05) is 23.7 Å². The maximum Gasteiger partial charge on any atom is 0.265 e. The van der Waals surface area contributed by atoms with Gasteiger partial charge in [-0.15, -0.1) is 11.3 Å². The number of benzene rings is 1. The molecule has 0 aliphatic rings. The van der Waals surface area contributed by atoms with Crippen molar-refractivity contribution in [1.82, 2.24) is 9.78 Å². The van der Waals surface area contributed by atoms with Gasteiger partial charge in [-0.25, -0.2) is 0 Å². The number of aliphatic hydroxyl groups excluding tert-OH is 1. The number of hydrogen-bond acceptors (Lipinski definition) is 5.